The highest BCUT2D eigenvalue weighted by Crippen LogP contribution is 2.31. The average molecular weight is 437 g/mol. The van der Waals surface area contributed by atoms with Gasteiger partial charge in [0.2, 0.25) is 11.0 Å². The monoisotopic (exact) mass is 436 g/mol. The maximum absolute atomic E-state index is 12.3. The van der Waals surface area contributed by atoms with E-state index in [1.165, 1.54) is 11.3 Å². The largest absolute Gasteiger partial charge is 0.495 e. The summed E-state index contributed by atoms with van der Waals surface area (Å²) in [6, 6.07) is 6.76. The fourth-order valence-electron chi connectivity index (χ4n) is 2.49. The number of aromatic nitrogens is 2. The lowest BCUT2D eigenvalue weighted by Crippen LogP contribution is -2.49. The van der Waals surface area contributed by atoms with Gasteiger partial charge in [-0.2, -0.15) is 5.01 Å². The summed E-state index contributed by atoms with van der Waals surface area (Å²) in [6.07, 6.45) is 0.422. The van der Waals surface area contributed by atoms with Gasteiger partial charge in [0, 0.05) is 0 Å². The number of benzene rings is 1. The summed E-state index contributed by atoms with van der Waals surface area (Å²) in [5, 5.41) is 15.0. The van der Waals surface area contributed by atoms with E-state index in [-0.39, 0.29) is 5.75 Å². The molecule has 3 N–H and O–H groups in total. The Morgan fingerprint density at radius 3 is 2.79 bits per heavy atom. The number of methoxy groups -OCH3 is 1. The first-order valence-electron chi connectivity index (χ1n) is 8.69. The Morgan fingerprint density at radius 1 is 1.34 bits per heavy atom. The van der Waals surface area contributed by atoms with Crippen molar-refractivity contribution in [2.75, 3.05) is 18.2 Å². The summed E-state index contributed by atoms with van der Waals surface area (Å²) in [4.78, 5) is 36.4. The van der Waals surface area contributed by atoms with E-state index >= 15 is 0 Å². The van der Waals surface area contributed by atoms with Crippen LogP contribution in [-0.4, -0.2) is 51.5 Å². The molecule has 29 heavy (non-hydrogen) atoms. The van der Waals surface area contributed by atoms with E-state index in [9.17, 15) is 14.4 Å². The molecule has 0 radical (unpaired) electrons. The zero-order valence-corrected chi connectivity index (χ0v) is 17.6. The number of carbonyl (C=O) groups excluding carboxylic acids is 3. The zero-order valence-electron chi connectivity index (χ0n) is 16.0. The zero-order chi connectivity index (χ0) is 21.0. The number of anilines is 2. The molecule has 2 aromatic rings. The molecule has 1 fully saturated rings. The Hall–Kier alpha value is -2.86. The van der Waals surface area contributed by atoms with Crippen LogP contribution in [0, 0.1) is 0 Å². The van der Waals surface area contributed by atoms with Gasteiger partial charge in [-0.3, -0.25) is 15.0 Å². The minimum Gasteiger partial charge on any atom is -0.495 e. The first-order valence-corrected chi connectivity index (χ1v) is 10.5. The van der Waals surface area contributed by atoms with E-state index in [2.05, 4.69) is 26.3 Å². The van der Waals surface area contributed by atoms with Crippen molar-refractivity contribution in [2.45, 2.75) is 30.1 Å². The number of imide groups is 1. The summed E-state index contributed by atoms with van der Waals surface area (Å²) in [5.74, 6) is -0.330. The first kappa shape index (κ1) is 20.9. The van der Waals surface area contributed by atoms with Crippen molar-refractivity contribution in [1.29, 1.82) is 0 Å². The molecule has 1 saturated heterocycles. The number of rotatable bonds is 8. The first-order chi connectivity index (χ1) is 13.9. The van der Waals surface area contributed by atoms with Crippen LogP contribution in [0.4, 0.5) is 15.6 Å². The normalized spacial score (nSPS) is 18.5. The minimum absolute atomic E-state index is 0.0246. The minimum atomic E-state index is -1.00. The number of nitrogens with zero attached hydrogens (tertiary/aromatic N) is 3. The number of hydrogen-bond donors (Lipinski definition) is 3. The molecule has 154 valence electrons. The second-order valence-corrected chi connectivity index (χ2v) is 8.48. The molecule has 1 aromatic heterocycles. The van der Waals surface area contributed by atoms with Crippen LogP contribution in [0.15, 0.2) is 28.6 Å². The lowest BCUT2D eigenvalue weighted by molar-refractivity contribution is -0.137. The van der Waals surface area contributed by atoms with E-state index in [1.54, 1.807) is 21.0 Å². The molecule has 2 heterocycles. The second-order valence-electron chi connectivity index (χ2n) is 6.28. The quantitative estimate of drug-likeness (QED) is 0.424. The topological polar surface area (TPSA) is 126 Å². The Bertz CT molecular complexity index is 936. The molecule has 1 aromatic carbocycles. The number of urea groups is 1. The van der Waals surface area contributed by atoms with Crippen molar-refractivity contribution in [3.63, 3.8) is 0 Å². The van der Waals surface area contributed by atoms with E-state index in [0.717, 1.165) is 22.5 Å². The molecule has 1 unspecified atom stereocenters. The van der Waals surface area contributed by atoms with Gasteiger partial charge >= 0.3 is 6.03 Å². The lowest BCUT2D eigenvalue weighted by atomic mass is 10.00. The highest BCUT2D eigenvalue weighted by Gasteiger charge is 2.47. The van der Waals surface area contributed by atoms with Gasteiger partial charge in [-0.1, -0.05) is 42.2 Å². The standard InChI is InChI=1S/C17H20N6O4S2/c1-4-17(2)13(25)23(15(26)19-17)22-12(24)9-28-16-21-20-14(29-16)18-10-7-5-6-8-11(10)27-3/h5-8H,4,9H2,1-3H3,(H,18,20)(H,19,26)(H,22,24). The predicted octanol–water partition coefficient (Wildman–Crippen LogP) is 2.13. The number of nitrogens with one attached hydrogen (secondary N) is 3. The van der Waals surface area contributed by atoms with Crippen molar-refractivity contribution in [3.05, 3.63) is 24.3 Å². The Kier molecular flexibility index (Phi) is 6.23. The Balaban J connectivity index is 1.54. The summed E-state index contributed by atoms with van der Waals surface area (Å²) in [7, 11) is 1.58. The number of carbonyl (C=O) groups is 3. The smallest absolute Gasteiger partial charge is 0.344 e. The molecule has 0 saturated carbocycles. The van der Waals surface area contributed by atoms with Crippen LogP contribution >= 0.6 is 23.1 Å². The van der Waals surface area contributed by atoms with Gasteiger partial charge in [0.25, 0.3) is 5.91 Å². The second kappa shape index (κ2) is 8.66. The van der Waals surface area contributed by atoms with Gasteiger partial charge in [0.15, 0.2) is 4.34 Å². The SMILES string of the molecule is CCC1(C)NC(=O)N(NC(=O)CSc2nnc(Nc3ccccc3OC)s2)C1=O. The fourth-order valence-corrected chi connectivity index (χ4v) is 4.05. The van der Waals surface area contributed by atoms with Gasteiger partial charge in [-0.25, -0.2) is 4.79 Å². The molecule has 10 nitrogen and oxygen atoms in total. The van der Waals surface area contributed by atoms with Gasteiger partial charge in [-0.05, 0) is 25.5 Å². The third kappa shape index (κ3) is 4.59. The highest BCUT2D eigenvalue weighted by atomic mass is 32.2. The maximum atomic E-state index is 12.3. The van der Waals surface area contributed by atoms with E-state index in [1.807, 2.05) is 24.3 Å². The van der Waals surface area contributed by atoms with Gasteiger partial charge < -0.3 is 15.4 Å². The molecule has 12 heteroatoms. The van der Waals surface area contributed by atoms with Crippen LogP contribution in [-0.2, 0) is 9.59 Å². The molecule has 1 aliphatic heterocycles. The summed E-state index contributed by atoms with van der Waals surface area (Å²) >= 11 is 2.42. The molecule has 0 aliphatic carbocycles. The Labute approximate surface area is 175 Å². The summed E-state index contributed by atoms with van der Waals surface area (Å²) in [6.45, 7) is 3.40. The summed E-state index contributed by atoms with van der Waals surface area (Å²) in [5.41, 5.74) is 2.08. The molecule has 0 bridgehead atoms. The van der Waals surface area contributed by atoms with Crippen LogP contribution in [0.1, 0.15) is 20.3 Å². The number of para-hydroxylation sites is 2. The fraction of sp³-hybridized carbons (Fsp3) is 0.353. The van der Waals surface area contributed by atoms with Gasteiger partial charge in [-0.15, -0.1) is 10.2 Å². The molecular weight excluding hydrogens is 416 g/mol. The van der Waals surface area contributed by atoms with Crippen LogP contribution in [0.5, 0.6) is 5.75 Å². The van der Waals surface area contributed by atoms with Crippen molar-refractivity contribution in [2.24, 2.45) is 0 Å². The van der Waals surface area contributed by atoms with Crippen LogP contribution in [0.25, 0.3) is 0 Å². The molecule has 3 rings (SSSR count). The molecule has 4 amide bonds. The number of amides is 4. The van der Waals surface area contributed by atoms with Crippen LogP contribution in [0.2, 0.25) is 0 Å². The van der Waals surface area contributed by atoms with Gasteiger partial charge in [0.05, 0.1) is 18.6 Å². The molecular formula is C17H20N6O4S2. The van der Waals surface area contributed by atoms with Crippen LogP contribution in [0.3, 0.4) is 0 Å². The molecule has 0 spiro atoms. The molecule has 1 aliphatic rings. The Morgan fingerprint density at radius 2 is 2.10 bits per heavy atom. The predicted molar refractivity (Wildman–Crippen MR) is 109 cm³/mol. The van der Waals surface area contributed by atoms with Crippen molar-refractivity contribution in [3.8, 4) is 5.75 Å². The highest BCUT2D eigenvalue weighted by molar-refractivity contribution is 8.01. The third-order valence-electron chi connectivity index (χ3n) is 4.29. The lowest BCUT2D eigenvalue weighted by Gasteiger charge is -2.19. The number of hydrogen-bond acceptors (Lipinski definition) is 9. The van der Waals surface area contributed by atoms with E-state index in [0.29, 0.717) is 21.6 Å². The number of thioether (sulfide) groups is 1. The third-order valence-corrected chi connectivity index (χ3v) is 6.26. The molecule has 1 atom stereocenters. The maximum Gasteiger partial charge on any atom is 0.344 e. The van der Waals surface area contributed by atoms with Crippen LogP contribution < -0.4 is 20.8 Å². The summed E-state index contributed by atoms with van der Waals surface area (Å²) < 4.78 is 5.84. The number of hydrazine groups is 1. The van der Waals surface area contributed by atoms with Crippen molar-refractivity contribution < 1.29 is 19.1 Å². The van der Waals surface area contributed by atoms with Crippen molar-refractivity contribution in [1.82, 2.24) is 25.9 Å². The van der Waals surface area contributed by atoms with Gasteiger partial charge in [0.1, 0.15) is 11.3 Å². The van der Waals surface area contributed by atoms with E-state index in [4.69, 9.17) is 4.74 Å². The number of ether oxygens (including phenoxy) is 1. The van der Waals surface area contributed by atoms with E-state index < -0.39 is 23.4 Å². The van der Waals surface area contributed by atoms with Crippen molar-refractivity contribution >= 4 is 51.8 Å². The average Bonchev–Trinajstić information content (AvgIpc) is 3.25.